The number of ether oxygens (including phenoxy) is 2. The first-order valence-electron chi connectivity index (χ1n) is 8.59. The SMILES string of the molecule is COC(=O)[C@@H](NC(=O)c1cc(=O)c(OCc2ccccc2)cn1C)C(C)C. The summed E-state index contributed by atoms with van der Waals surface area (Å²) in [5.74, 6) is -1.09. The van der Waals surface area contributed by atoms with Crippen LogP contribution >= 0.6 is 0 Å². The lowest BCUT2D eigenvalue weighted by Gasteiger charge is -2.20. The van der Waals surface area contributed by atoms with Crippen molar-refractivity contribution in [2.75, 3.05) is 7.11 Å². The van der Waals surface area contributed by atoms with Gasteiger partial charge in [0.05, 0.1) is 13.3 Å². The zero-order valence-electron chi connectivity index (χ0n) is 15.9. The van der Waals surface area contributed by atoms with Crippen LogP contribution in [0.3, 0.4) is 0 Å². The molecule has 1 aromatic heterocycles. The Morgan fingerprint density at radius 1 is 1.19 bits per heavy atom. The molecule has 0 bridgehead atoms. The molecule has 0 aliphatic heterocycles. The quantitative estimate of drug-likeness (QED) is 0.750. The molecule has 1 N–H and O–H groups in total. The van der Waals surface area contributed by atoms with Crippen molar-refractivity contribution in [2.24, 2.45) is 13.0 Å². The van der Waals surface area contributed by atoms with E-state index in [-0.39, 0.29) is 24.0 Å². The number of benzene rings is 1. The van der Waals surface area contributed by atoms with Crippen molar-refractivity contribution in [1.82, 2.24) is 9.88 Å². The zero-order valence-corrected chi connectivity index (χ0v) is 15.9. The number of rotatable bonds is 7. The van der Waals surface area contributed by atoms with Crippen molar-refractivity contribution in [1.29, 1.82) is 0 Å². The van der Waals surface area contributed by atoms with Crippen LogP contribution in [0.5, 0.6) is 5.75 Å². The Morgan fingerprint density at radius 3 is 2.44 bits per heavy atom. The summed E-state index contributed by atoms with van der Waals surface area (Å²) >= 11 is 0. The summed E-state index contributed by atoms with van der Waals surface area (Å²) in [4.78, 5) is 36.7. The number of aromatic nitrogens is 1. The molecule has 0 fully saturated rings. The van der Waals surface area contributed by atoms with E-state index in [1.807, 2.05) is 30.3 Å². The first-order valence-corrected chi connectivity index (χ1v) is 8.59. The van der Waals surface area contributed by atoms with E-state index in [0.717, 1.165) is 5.56 Å². The van der Waals surface area contributed by atoms with E-state index in [4.69, 9.17) is 9.47 Å². The molecule has 7 nitrogen and oxygen atoms in total. The summed E-state index contributed by atoms with van der Waals surface area (Å²) in [6.45, 7) is 3.84. The molecule has 144 valence electrons. The maximum Gasteiger partial charge on any atom is 0.328 e. The zero-order chi connectivity index (χ0) is 20.0. The Balaban J connectivity index is 2.16. The summed E-state index contributed by atoms with van der Waals surface area (Å²) in [5, 5.41) is 2.61. The average molecular weight is 372 g/mol. The number of hydrogen-bond donors (Lipinski definition) is 1. The van der Waals surface area contributed by atoms with E-state index in [1.54, 1.807) is 20.9 Å². The number of amides is 1. The standard InChI is InChI=1S/C20H24N2O5/c1-13(2)18(20(25)26-4)21-19(24)15-10-16(23)17(11-22(15)3)27-12-14-8-6-5-7-9-14/h5-11,13,18H,12H2,1-4H3,(H,21,24)/t18-/m0/s1. The Kier molecular flexibility index (Phi) is 6.76. The highest BCUT2D eigenvalue weighted by Gasteiger charge is 2.26. The molecule has 1 aromatic carbocycles. The predicted molar refractivity (Wildman–Crippen MR) is 101 cm³/mol. The molecule has 0 radical (unpaired) electrons. The van der Waals surface area contributed by atoms with Crippen LogP contribution in [0, 0.1) is 5.92 Å². The summed E-state index contributed by atoms with van der Waals surface area (Å²) < 4.78 is 11.8. The van der Waals surface area contributed by atoms with Gasteiger partial charge in [0.15, 0.2) is 5.75 Å². The van der Waals surface area contributed by atoms with Gasteiger partial charge in [-0.25, -0.2) is 4.79 Å². The van der Waals surface area contributed by atoms with Crippen LogP contribution in [0.25, 0.3) is 0 Å². The lowest BCUT2D eigenvalue weighted by molar-refractivity contribution is -0.144. The van der Waals surface area contributed by atoms with E-state index in [0.29, 0.717) is 0 Å². The molecule has 0 aliphatic rings. The van der Waals surface area contributed by atoms with Crippen molar-refractivity contribution in [3.8, 4) is 5.75 Å². The molecule has 2 aromatic rings. The van der Waals surface area contributed by atoms with Crippen molar-refractivity contribution in [2.45, 2.75) is 26.5 Å². The molecule has 27 heavy (non-hydrogen) atoms. The number of esters is 1. The van der Waals surface area contributed by atoms with Gasteiger partial charge in [0.25, 0.3) is 5.91 Å². The first kappa shape index (κ1) is 20.2. The van der Waals surface area contributed by atoms with Gasteiger partial charge in [0.1, 0.15) is 18.3 Å². The molecule has 0 aliphatic carbocycles. The van der Waals surface area contributed by atoms with Crippen LogP contribution in [0.2, 0.25) is 0 Å². The number of nitrogens with one attached hydrogen (secondary N) is 1. The van der Waals surface area contributed by atoms with Crippen LogP contribution in [-0.2, 0) is 23.2 Å². The minimum absolute atomic E-state index is 0.126. The Morgan fingerprint density at radius 2 is 1.85 bits per heavy atom. The summed E-state index contributed by atoms with van der Waals surface area (Å²) in [7, 11) is 2.89. The second-order valence-corrected chi connectivity index (χ2v) is 6.49. The fraction of sp³-hybridized carbons (Fsp3) is 0.350. The van der Waals surface area contributed by atoms with E-state index >= 15 is 0 Å². The van der Waals surface area contributed by atoms with Crippen molar-refractivity contribution in [3.05, 3.63) is 64.1 Å². The molecule has 1 atom stereocenters. The fourth-order valence-corrected chi connectivity index (χ4v) is 2.52. The van der Waals surface area contributed by atoms with Gasteiger partial charge in [-0.05, 0) is 11.5 Å². The van der Waals surface area contributed by atoms with Gasteiger partial charge >= 0.3 is 5.97 Å². The highest BCUT2D eigenvalue weighted by atomic mass is 16.5. The molecule has 0 saturated carbocycles. The van der Waals surface area contributed by atoms with Gasteiger partial charge in [0.2, 0.25) is 5.43 Å². The highest BCUT2D eigenvalue weighted by molar-refractivity contribution is 5.95. The van der Waals surface area contributed by atoms with Crippen molar-refractivity contribution in [3.63, 3.8) is 0 Å². The molecule has 0 spiro atoms. The van der Waals surface area contributed by atoms with Gasteiger partial charge in [0, 0.05) is 13.1 Å². The van der Waals surface area contributed by atoms with Crippen LogP contribution < -0.4 is 15.5 Å². The predicted octanol–water partition coefficient (Wildman–Crippen LogP) is 1.89. The Labute approximate surface area is 157 Å². The first-order chi connectivity index (χ1) is 12.8. The topological polar surface area (TPSA) is 86.6 Å². The molecule has 7 heteroatoms. The Hall–Kier alpha value is -3.09. The third kappa shape index (κ3) is 5.20. The fourth-order valence-electron chi connectivity index (χ4n) is 2.52. The van der Waals surface area contributed by atoms with Gasteiger partial charge in [-0.2, -0.15) is 0 Å². The molecule has 0 unspecified atom stereocenters. The van der Waals surface area contributed by atoms with Crippen LogP contribution in [0.4, 0.5) is 0 Å². The minimum Gasteiger partial charge on any atom is -0.483 e. The van der Waals surface area contributed by atoms with E-state index in [2.05, 4.69) is 5.32 Å². The highest BCUT2D eigenvalue weighted by Crippen LogP contribution is 2.10. The summed E-state index contributed by atoms with van der Waals surface area (Å²) in [5.41, 5.74) is 0.647. The molecule has 0 saturated heterocycles. The van der Waals surface area contributed by atoms with E-state index in [9.17, 15) is 14.4 Å². The number of nitrogens with zero attached hydrogens (tertiary/aromatic N) is 1. The molecule has 1 heterocycles. The monoisotopic (exact) mass is 372 g/mol. The number of aryl methyl sites for hydroxylation is 1. The van der Waals surface area contributed by atoms with E-state index < -0.39 is 23.3 Å². The average Bonchev–Trinajstić information content (AvgIpc) is 2.66. The third-order valence-electron chi connectivity index (χ3n) is 4.08. The van der Waals surface area contributed by atoms with Gasteiger partial charge in [-0.3, -0.25) is 9.59 Å². The molecule has 2 rings (SSSR count). The number of pyridine rings is 1. The van der Waals surface area contributed by atoms with Gasteiger partial charge in [-0.15, -0.1) is 0 Å². The minimum atomic E-state index is -0.799. The normalized spacial score (nSPS) is 11.7. The van der Waals surface area contributed by atoms with Crippen LogP contribution in [0.1, 0.15) is 29.9 Å². The van der Waals surface area contributed by atoms with Gasteiger partial charge < -0.3 is 19.4 Å². The largest absolute Gasteiger partial charge is 0.483 e. The number of carbonyl (C=O) groups excluding carboxylic acids is 2. The van der Waals surface area contributed by atoms with Crippen LogP contribution in [0.15, 0.2) is 47.4 Å². The maximum atomic E-state index is 12.5. The third-order valence-corrected chi connectivity index (χ3v) is 4.08. The van der Waals surface area contributed by atoms with Crippen LogP contribution in [-0.4, -0.2) is 29.6 Å². The summed E-state index contributed by atoms with van der Waals surface area (Å²) in [6.07, 6.45) is 1.46. The smallest absolute Gasteiger partial charge is 0.328 e. The second kappa shape index (κ2) is 9.02. The van der Waals surface area contributed by atoms with Gasteiger partial charge in [-0.1, -0.05) is 44.2 Å². The molecular weight excluding hydrogens is 348 g/mol. The lowest BCUT2D eigenvalue weighted by Crippen LogP contribution is -2.45. The lowest BCUT2D eigenvalue weighted by atomic mass is 10.0. The van der Waals surface area contributed by atoms with Crippen molar-refractivity contribution >= 4 is 11.9 Å². The second-order valence-electron chi connectivity index (χ2n) is 6.49. The molecule has 1 amide bonds. The maximum absolute atomic E-state index is 12.5. The number of hydrogen-bond acceptors (Lipinski definition) is 5. The summed E-state index contributed by atoms with van der Waals surface area (Å²) in [6, 6.07) is 9.86. The van der Waals surface area contributed by atoms with Crippen molar-refractivity contribution < 1.29 is 19.1 Å². The van der Waals surface area contributed by atoms with E-state index in [1.165, 1.54) is 23.9 Å². The number of methoxy groups -OCH3 is 1. The molecular formula is C20H24N2O5. The number of carbonyl (C=O) groups is 2. The Bertz CT molecular complexity index is 858.